The molecule has 28 nitrogen and oxygen atoms in total. The highest BCUT2D eigenvalue weighted by Crippen LogP contribution is 2.39. The number of imidazole rings is 1. The lowest BCUT2D eigenvalue weighted by Crippen LogP contribution is -2.26. The van der Waals surface area contributed by atoms with E-state index in [1.54, 1.807) is 37.1 Å². The molecule has 4 aliphatic carbocycles. The number of aliphatic hydroxyl groups is 2. The van der Waals surface area contributed by atoms with Crippen molar-refractivity contribution in [2.45, 2.75) is 141 Å². The Labute approximate surface area is 520 Å². The molecule has 0 radical (unpaired) electrons. The van der Waals surface area contributed by atoms with Crippen LogP contribution >= 0.6 is 11.6 Å². The summed E-state index contributed by atoms with van der Waals surface area (Å²) in [6, 6.07) is 17.2. The van der Waals surface area contributed by atoms with Crippen LogP contribution in [0.3, 0.4) is 0 Å². The molecule has 0 bridgehead atoms. The Bertz CT molecular complexity index is 4040. The summed E-state index contributed by atoms with van der Waals surface area (Å²) in [6.45, 7) is -0.672. The zero-order chi connectivity index (χ0) is 63.6. The summed E-state index contributed by atoms with van der Waals surface area (Å²) in [4.78, 5) is 50.8. The molecule has 4 fully saturated rings. The smallest absolute Gasteiger partial charge is 0.314 e. The molecule has 4 saturated carbocycles. The van der Waals surface area contributed by atoms with Gasteiger partial charge in [-0.1, -0.05) is 19.0 Å². The maximum atomic E-state index is 11.2. The zero-order valence-corrected chi connectivity index (χ0v) is 49.1. The van der Waals surface area contributed by atoms with E-state index >= 15 is 0 Å². The topological polar surface area (TPSA) is 463 Å². The molecule has 0 atom stereocenters. The van der Waals surface area contributed by atoms with Gasteiger partial charge in [-0.05, 0) is 103 Å². The number of nitrogens with zero attached hydrogens (tertiary/aromatic N) is 12. The van der Waals surface area contributed by atoms with Gasteiger partial charge in [-0.15, -0.1) is 0 Å². The van der Waals surface area contributed by atoms with Crippen LogP contribution in [0, 0.1) is 89.2 Å². The number of furan rings is 4. The van der Waals surface area contributed by atoms with E-state index in [2.05, 4.69) is 70.1 Å². The van der Waals surface area contributed by atoms with Crippen molar-refractivity contribution in [3.05, 3.63) is 105 Å². The Kier molecular flexibility index (Phi) is 24.2. The van der Waals surface area contributed by atoms with E-state index in [4.69, 9.17) is 66.9 Å². The molecule has 0 aliphatic heterocycles. The first-order valence-corrected chi connectivity index (χ1v) is 29.3. The van der Waals surface area contributed by atoms with Crippen LogP contribution in [-0.2, 0) is 11.4 Å². The molecule has 10 N–H and O–H groups in total. The van der Waals surface area contributed by atoms with Crippen LogP contribution in [0.2, 0.25) is 5.02 Å². The molecule has 9 aromatic heterocycles. The second kappa shape index (κ2) is 32.3. The van der Waals surface area contributed by atoms with Gasteiger partial charge in [0.2, 0.25) is 5.91 Å². The number of amides is 1. The highest BCUT2D eigenvalue weighted by Gasteiger charge is 2.29. The number of nitrogens with two attached hydrogens (primary N) is 3. The van der Waals surface area contributed by atoms with Gasteiger partial charge in [0.25, 0.3) is 0 Å². The third-order valence-corrected chi connectivity index (χ3v) is 16.3. The summed E-state index contributed by atoms with van der Waals surface area (Å²) >= 11 is 5.70. The number of fused-ring (bicyclic) bond motifs is 6. The molecule has 0 saturated heterocycles. The number of anilines is 3. The van der Waals surface area contributed by atoms with Crippen molar-refractivity contribution < 1.29 is 42.5 Å². The van der Waals surface area contributed by atoms with Gasteiger partial charge in [0.15, 0.2) is 33.0 Å². The third kappa shape index (κ3) is 16.8. The molecule has 472 valence electrons. The SMILES string of the molecule is C.N#CC1CCC(N)CC1.N#CC1CCC(Nc2c(N)cnc3ccoc23)CC1.N#CC1CCC(Nc2c([N+](=O)[O-])cnc3ccoc23)CC1.N#CC1CCC(n2c(CO)nc3cnc4ccoc4c32)CC1.NC(=O)CO.O=[N+]([O-])c1cnc2ccoc2c1Cl. The second-order valence-electron chi connectivity index (χ2n) is 21.8. The summed E-state index contributed by atoms with van der Waals surface area (Å²) < 4.78 is 23.4. The zero-order valence-electron chi connectivity index (χ0n) is 48.3. The first-order chi connectivity index (χ1) is 43.1. The lowest BCUT2D eigenvalue weighted by Gasteiger charge is -2.27. The van der Waals surface area contributed by atoms with Crippen LogP contribution in [0.4, 0.5) is 28.4 Å². The van der Waals surface area contributed by atoms with Crippen molar-refractivity contribution in [1.82, 2.24) is 29.5 Å². The van der Waals surface area contributed by atoms with Crippen molar-refractivity contribution in [3.8, 4) is 24.3 Å². The summed E-state index contributed by atoms with van der Waals surface area (Å²) in [5.74, 6) is 0.695. The van der Waals surface area contributed by atoms with Crippen LogP contribution in [0.5, 0.6) is 0 Å². The van der Waals surface area contributed by atoms with Gasteiger partial charge in [0.1, 0.15) is 70.2 Å². The number of carbonyl (C=O) groups excluding carboxylic acids is 1. The summed E-state index contributed by atoms with van der Waals surface area (Å²) in [6.07, 6.45) is 26.7. The first kappa shape index (κ1) is 67.5. The van der Waals surface area contributed by atoms with Crippen LogP contribution in [0.1, 0.15) is 122 Å². The van der Waals surface area contributed by atoms with E-state index in [9.17, 15) is 30.1 Å². The number of hydrogen-bond donors (Lipinski definition) is 7. The maximum Gasteiger partial charge on any atom is 0.314 e. The average Bonchev–Trinajstić information content (AvgIpc) is 1.69. The number of nitriles is 4. The third-order valence-electron chi connectivity index (χ3n) is 16.0. The fraction of sp³-hybridized carbons (Fsp3) is 0.443. The molecule has 9 heterocycles. The number of hydrogen-bond acceptors (Lipinski definition) is 24. The van der Waals surface area contributed by atoms with Crippen molar-refractivity contribution >= 4 is 101 Å². The fourth-order valence-corrected chi connectivity index (χ4v) is 11.4. The number of aromatic nitrogens is 6. The quantitative estimate of drug-likeness (QED) is 0.0521. The van der Waals surface area contributed by atoms with Gasteiger partial charge >= 0.3 is 11.4 Å². The van der Waals surface area contributed by atoms with Crippen LogP contribution in [0.15, 0.2) is 91.8 Å². The molecule has 9 aromatic rings. The number of pyridine rings is 4. The number of nitrogens with one attached hydrogen (secondary N) is 2. The monoisotopic (exact) mass is 1250 g/mol. The van der Waals surface area contributed by atoms with Crippen LogP contribution in [-0.4, -0.2) is 80.2 Å². The fourth-order valence-electron chi connectivity index (χ4n) is 11.1. The lowest BCUT2D eigenvalue weighted by atomic mass is 9.87. The minimum atomic E-state index is -0.690. The molecule has 1 amide bonds. The molecule has 29 heteroatoms. The van der Waals surface area contributed by atoms with E-state index < -0.39 is 22.4 Å². The van der Waals surface area contributed by atoms with E-state index in [0.717, 1.165) is 137 Å². The minimum absolute atomic E-state index is 0. The van der Waals surface area contributed by atoms with E-state index in [1.807, 2.05) is 12.1 Å². The van der Waals surface area contributed by atoms with E-state index in [-0.39, 0.29) is 65.9 Å². The number of rotatable bonds is 9. The van der Waals surface area contributed by atoms with Crippen molar-refractivity contribution in [3.63, 3.8) is 0 Å². The Morgan fingerprint density at radius 3 is 1.46 bits per heavy atom. The predicted molar refractivity (Wildman–Crippen MR) is 333 cm³/mol. The largest absolute Gasteiger partial charge is 0.461 e. The summed E-state index contributed by atoms with van der Waals surface area (Å²) in [5, 5.41) is 81.0. The number of nitro groups is 2. The Hall–Kier alpha value is -9.97. The van der Waals surface area contributed by atoms with Gasteiger partial charge in [0, 0.05) is 72.1 Å². The molecule has 0 spiro atoms. The summed E-state index contributed by atoms with van der Waals surface area (Å²) in [7, 11) is 0. The number of nitrogen functional groups attached to an aromatic ring is 1. The van der Waals surface area contributed by atoms with Crippen molar-refractivity contribution in [2.75, 3.05) is 23.0 Å². The van der Waals surface area contributed by atoms with Crippen molar-refractivity contribution in [1.29, 1.82) is 21.0 Å². The molecule has 0 aromatic carbocycles. The Balaban J connectivity index is 0.000000160. The molecule has 90 heavy (non-hydrogen) atoms. The van der Waals surface area contributed by atoms with Gasteiger partial charge in [-0.2, -0.15) is 21.0 Å². The normalized spacial score (nSPS) is 20.9. The van der Waals surface area contributed by atoms with Gasteiger partial charge in [-0.25, -0.2) is 15.0 Å². The molecular weight excluding hydrogens is 1180 g/mol. The molecular formula is C61H70ClN17O11. The van der Waals surface area contributed by atoms with Gasteiger partial charge in [-0.3, -0.25) is 35.0 Å². The lowest BCUT2D eigenvalue weighted by molar-refractivity contribution is -0.384. The maximum absolute atomic E-state index is 11.2. The molecule has 13 rings (SSSR count). The highest BCUT2D eigenvalue weighted by molar-refractivity contribution is 6.36. The molecule has 0 unspecified atom stereocenters. The number of primary amides is 1. The Morgan fingerprint density at radius 1 is 0.600 bits per heavy atom. The van der Waals surface area contributed by atoms with Crippen LogP contribution < -0.4 is 27.8 Å². The standard InChI is InChI=1S/C16H16N4O2.C14H14N4O3.C14H16N4O.C7H3ClN2O3.C7H12N2.C2H5NO2.CH4/c17-7-10-1-3-11(4-2-10)20-14(9-21)19-13-8-18-12-5-6-22-16(12)15(13)20;15-7-9-1-3-10(4-2-9)17-13-12(18(19)20)8-16-11-5-6-21-14(11)13;15-7-9-1-3-10(4-2-9)18-13-11(16)8-17-12-5-6-19-14(12)13;8-6-5(10(11)12)3-9-4-1-2-13-7(4)6;8-5-6-1-3-7(9)4-2-6;3-2(5)1-4;/h5-6,8,10-11,21H,1-4,9H2;5-6,8-10H,1-4H2,(H,16,17);5-6,8-10H,1-4,16H2,(H,17,18);1-3H;6-7H,1-4,9H2;4H,1H2,(H2,3,5);1H4. The predicted octanol–water partition coefficient (Wildman–Crippen LogP) is 11.6. The number of aliphatic hydroxyl groups excluding tert-OH is 2. The van der Waals surface area contributed by atoms with Gasteiger partial charge < -0.3 is 60.3 Å². The van der Waals surface area contributed by atoms with Crippen molar-refractivity contribution in [2.24, 2.45) is 35.1 Å². The van der Waals surface area contributed by atoms with E-state index in [1.165, 1.54) is 18.7 Å². The number of halogens is 1. The summed E-state index contributed by atoms with van der Waals surface area (Å²) in [5.41, 5.74) is 23.9. The van der Waals surface area contributed by atoms with E-state index in [0.29, 0.717) is 63.0 Å². The second-order valence-corrected chi connectivity index (χ2v) is 22.2. The average molecular weight is 1250 g/mol. The first-order valence-electron chi connectivity index (χ1n) is 29.0. The van der Waals surface area contributed by atoms with Gasteiger partial charge in [0.05, 0.1) is 77.3 Å². The minimum Gasteiger partial charge on any atom is -0.461 e. The highest BCUT2D eigenvalue weighted by atomic mass is 35.5. The Morgan fingerprint density at radius 2 is 0.989 bits per heavy atom. The molecule has 4 aliphatic rings. The van der Waals surface area contributed by atoms with Crippen LogP contribution in [0.25, 0.3) is 55.4 Å². The number of carbonyl (C=O) groups is 1.